The molecule has 0 saturated carbocycles. The first-order valence-electron chi connectivity index (χ1n) is 5.96. The molecule has 0 bridgehead atoms. The number of nitro benzene ring substituents is 1. The molecule has 1 unspecified atom stereocenters. The zero-order valence-corrected chi connectivity index (χ0v) is 12.0. The second-order valence-corrected chi connectivity index (χ2v) is 5.93. The second kappa shape index (κ2) is 6.45. The van der Waals surface area contributed by atoms with Crippen LogP contribution in [0.2, 0.25) is 0 Å². The number of nitriles is 1. The number of nitrogens with zero attached hydrogens (tertiary/aromatic N) is 2. The van der Waals surface area contributed by atoms with Crippen LogP contribution in [0.1, 0.15) is 25.3 Å². The zero-order valence-electron chi connectivity index (χ0n) is 11.2. The largest absolute Gasteiger partial charge is 0.273 e. The van der Waals surface area contributed by atoms with Crippen LogP contribution in [0.15, 0.2) is 23.1 Å². The van der Waals surface area contributed by atoms with E-state index in [9.17, 15) is 18.5 Å². The van der Waals surface area contributed by atoms with E-state index in [-0.39, 0.29) is 22.6 Å². The van der Waals surface area contributed by atoms with Crippen molar-refractivity contribution in [3.05, 3.63) is 33.9 Å². The van der Waals surface area contributed by atoms with Gasteiger partial charge in [-0.2, -0.15) is 5.26 Å². The predicted octanol–water partition coefficient (Wildman–Crippen LogP) is 1.87. The Balaban J connectivity index is 3.20. The van der Waals surface area contributed by atoms with Crippen LogP contribution in [0.4, 0.5) is 5.69 Å². The number of sulfonamides is 1. The lowest BCUT2D eigenvalue weighted by Gasteiger charge is -2.15. The minimum atomic E-state index is -3.89. The third-order valence-corrected chi connectivity index (χ3v) is 4.56. The van der Waals surface area contributed by atoms with Crippen molar-refractivity contribution < 1.29 is 13.3 Å². The average Bonchev–Trinajstić information content (AvgIpc) is 2.37. The van der Waals surface area contributed by atoms with E-state index in [1.807, 2.05) is 6.07 Å². The van der Waals surface area contributed by atoms with Crippen LogP contribution in [0.25, 0.3) is 0 Å². The summed E-state index contributed by atoms with van der Waals surface area (Å²) in [5.41, 5.74) is -0.169. The lowest BCUT2D eigenvalue weighted by molar-refractivity contribution is -0.385. The van der Waals surface area contributed by atoms with E-state index in [0.717, 1.165) is 0 Å². The molecule has 108 valence electrons. The number of nitrogens with one attached hydrogen (secondary N) is 1. The number of benzene rings is 1. The summed E-state index contributed by atoms with van der Waals surface area (Å²) in [6, 6.07) is 5.28. The summed E-state index contributed by atoms with van der Waals surface area (Å²) in [6.07, 6.45) is 0.504. The Labute approximate surface area is 117 Å². The van der Waals surface area contributed by atoms with E-state index < -0.39 is 21.0 Å². The van der Waals surface area contributed by atoms with Crippen LogP contribution in [0.3, 0.4) is 0 Å². The second-order valence-electron chi connectivity index (χ2n) is 4.25. The minimum absolute atomic E-state index is 0.0453. The summed E-state index contributed by atoms with van der Waals surface area (Å²) >= 11 is 0. The molecule has 1 aromatic carbocycles. The standard InChI is InChI=1S/C12H15N3O4S/c1-3-10(7-8-13)14-20(18,19)12-6-4-5-11(9(12)2)15(16)17/h4-6,10,14H,3,7H2,1-2H3. The van der Waals surface area contributed by atoms with Crippen LogP contribution in [0.5, 0.6) is 0 Å². The Bertz CT molecular complexity index is 649. The lowest BCUT2D eigenvalue weighted by atomic mass is 10.2. The Hall–Kier alpha value is -1.98. The molecule has 1 N–H and O–H groups in total. The van der Waals surface area contributed by atoms with E-state index in [1.54, 1.807) is 6.92 Å². The Morgan fingerprint density at radius 1 is 1.50 bits per heavy atom. The summed E-state index contributed by atoms with van der Waals surface area (Å²) in [5, 5.41) is 19.5. The highest BCUT2D eigenvalue weighted by molar-refractivity contribution is 7.89. The molecular weight excluding hydrogens is 282 g/mol. The fourth-order valence-electron chi connectivity index (χ4n) is 1.75. The van der Waals surface area contributed by atoms with Gasteiger partial charge in [-0.3, -0.25) is 10.1 Å². The first-order valence-corrected chi connectivity index (χ1v) is 7.45. The molecule has 1 atom stereocenters. The molecule has 0 saturated heterocycles. The van der Waals surface area contributed by atoms with Gasteiger partial charge < -0.3 is 0 Å². The molecule has 0 aliphatic carbocycles. The molecule has 0 aliphatic heterocycles. The number of hydrogen-bond donors (Lipinski definition) is 1. The van der Waals surface area contributed by atoms with Crippen molar-refractivity contribution in [1.29, 1.82) is 5.26 Å². The topological polar surface area (TPSA) is 113 Å². The highest BCUT2D eigenvalue weighted by Crippen LogP contribution is 2.24. The van der Waals surface area contributed by atoms with Gasteiger partial charge in [0.05, 0.1) is 22.3 Å². The Morgan fingerprint density at radius 2 is 2.15 bits per heavy atom. The van der Waals surface area contributed by atoms with Crippen LogP contribution in [-0.2, 0) is 10.0 Å². The maximum absolute atomic E-state index is 12.2. The van der Waals surface area contributed by atoms with E-state index in [4.69, 9.17) is 5.26 Å². The van der Waals surface area contributed by atoms with E-state index in [1.165, 1.54) is 25.1 Å². The number of hydrogen-bond acceptors (Lipinski definition) is 5. The van der Waals surface area contributed by atoms with Crippen LogP contribution < -0.4 is 4.72 Å². The van der Waals surface area contributed by atoms with Gasteiger partial charge in [-0.1, -0.05) is 13.0 Å². The van der Waals surface area contributed by atoms with E-state index >= 15 is 0 Å². The highest BCUT2D eigenvalue weighted by atomic mass is 32.2. The van der Waals surface area contributed by atoms with Gasteiger partial charge >= 0.3 is 0 Å². The van der Waals surface area contributed by atoms with Crippen molar-refractivity contribution in [3.8, 4) is 6.07 Å². The number of rotatable bonds is 6. The molecule has 0 heterocycles. The summed E-state index contributed by atoms with van der Waals surface area (Å²) in [7, 11) is -3.89. The van der Waals surface area contributed by atoms with Gasteiger partial charge in [0, 0.05) is 17.7 Å². The van der Waals surface area contributed by atoms with Gasteiger partial charge in [-0.25, -0.2) is 13.1 Å². The van der Waals surface area contributed by atoms with E-state index in [2.05, 4.69) is 4.72 Å². The Kier molecular flexibility index (Phi) is 5.19. The fourth-order valence-corrected chi connectivity index (χ4v) is 3.34. The van der Waals surface area contributed by atoms with Gasteiger partial charge in [-0.15, -0.1) is 0 Å². The fraction of sp³-hybridized carbons (Fsp3) is 0.417. The number of nitro groups is 1. The third-order valence-electron chi connectivity index (χ3n) is 2.89. The van der Waals surface area contributed by atoms with Gasteiger partial charge in [0.2, 0.25) is 10.0 Å². The maximum atomic E-state index is 12.2. The average molecular weight is 297 g/mol. The molecule has 1 rings (SSSR count). The predicted molar refractivity (Wildman–Crippen MR) is 72.5 cm³/mol. The zero-order chi connectivity index (χ0) is 15.3. The molecule has 0 spiro atoms. The normalized spacial score (nSPS) is 12.7. The Morgan fingerprint density at radius 3 is 2.65 bits per heavy atom. The highest BCUT2D eigenvalue weighted by Gasteiger charge is 2.24. The summed E-state index contributed by atoms with van der Waals surface area (Å²) in [4.78, 5) is 10.1. The first-order chi connectivity index (χ1) is 9.33. The smallest absolute Gasteiger partial charge is 0.258 e. The summed E-state index contributed by atoms with van der Waals surface area (Å²) in [5.74, 6) is 0. The molecule has 0 radical (unpaired) electrons. The van der Waals surface area contributed by atoms with Crippen molar-refractivity contribution in [3.63, 3.8) is 0 Å². The lowest BCUT2D eigenvalue weighted by Crippen LogP contribution is -2.34. The van der Waals surface area contributed by atoms with Crippen molar-refractivity contribution in [2.24, 2.45) is 0 Å². The molecule has 7 nitrogen and oxygen atoms in total. The minimum Gasteiger partial charge on any atom is -0.258 e. The first kappa shape index (κ1) is 16.1. The maximum Gasteiger partial charge on any atom is 0.273 e. The quantitative estimate of drug-likeness (QED) is 0.636. The van der Waals surface area contributed by atoms with Gasteiger partial charge in [0.1, 0.15) is 0 Å². The third kappa shape index (κ3) is 3.53. The van der Waals surface area contributed by atoms with Gasteiger partial charge in [0.15, 0.2) is 0 Å². The monoisotopic (exact) mass is 297 g/mol. The van der Waals surface area contributed by atoms with Crippen molar-refractivity contribution >= 4 is 15.7 Å². The van der Waals surface area contributed by atoms with Crippen LogP contribution in [0, 0.1) is 28.4 Å². The molecule has 0 amide bonds. The molecule has 0 aromatic heterocycles. The van der Waals surface area contributed by atoms with Crippen molar-refractivity contribution in [2.75, 3.05) is 0 Å². The summed E-state index contributed by atoms with van der Waals surface area (Å²) in [6.45, 7) is 3.14. The SMILES string of the molecule is CCC(CC#N)NS(=O)(=O)c1cccc([N+](=O)[O-])c1C. The van der Waals surface area contributed by atoms with Gasteiger partial charge in [-0.05, 0) is 19.4 Å². The molecular formula is C12H15N3O4S. The van der Waals surface area contributed by atoms with E-state index in [0.29, 0.717) is 6.42 Å². The van der Waals surface area contributed by atoms with Gasteiger partial charge in [0.25, 0.3) is 5.69 Å². The van der Waals surface area contributed by atoms with Crippen molar-refractivity contribution in [2.45, 2.75) is 37.6 Å². The van der Waals surface area contributed by atoms with Crippen LogP contribution >= 0.6 is 0 Å². The van der Waals surface area contributed by atoms with Crippen LogP contribution in [-0.4, -0.2) is 19.4 Å². The molecule has 0 aliphatic rings. The molecule has 8 heteroatoms. The van der Waals surface area contributed by atoms with Crippen molar-refractivity contribution in [1.82, 2.24) is 4.72 Å². The molecule has 0 fully saturated rings. The summed E-state index contributed by atoms with van der Waals surface area (Å²) < 4.78 is 26.9. The molecule has 20 heavy (non-hydrogen) atoms. The molecule has 1 aromatic rings.